The van der Waals surface area contributed by atoms with Crippen LogP contribution >= 0.6 is 15.9 Å². The summed E-state index contributed by atoms with van der Waals surface area (Å²) in [5, 5.41) is 22.4. The number of benzene rings is 2. The maximum absolute atomic E-state index is 12.9. The summed E-state index contributed by atoms with van der Waals surface area (Å²) >= 11 is 3.21. The SMILES string of the molecule is C.C.C.CS(=O)(=O)N1CCN(CCCC(=O)c2noc3c2CN(c2ncnc4[nH]ccc24)CC3)CC1.CS(=O)(=O)N1CCN(CCN)CC1.CS(=O)(=O)N1CCN(CCN2C(=O)c3ccccc3C2=O)CC1.CS(=O)(=O)N1CCNCC1.NN.O.O=C(O)c1noc2c1CN(c1ncnc3[nH]ccc13)CC2.O=C1c2ccccc2C(=O)N1CCBr. The number of carbonyl (C=O) groups excluding carboxylic acids is 5. The number of fused-ring (bicyclic) bond motifs is 6. The Morgan fingerprint density at radius 2 is 0.842 bits per heavy atom. The number of rotatable bonds is 19. The second-order valence-corrected chi connectivity index (χ2v) is 36.7. The van der Waals surface area contributed by atoms with Crippen LogP contribution in [0.15, 0.2) is 94.8 Å². The van der Waals surface area contributed by atoms with Gasteiger partial charge in [0.1, 0.15) is 47.1 Å². The van der Waals surface area contributed by atoms with Crippen molar-refractivity contribution in [1.29, 1.82) is 0 Å². The zero-order valence-corrected chi connectivity index (χ0v) is 70.2. The van der Waals surface area contributed by atoms with Gasteiger partial charge >= 0.3 is 5.97 Å². The predicted octanol–water partition coefficient (Wildman–Crippen LogP) is 1.07. The van der Waals surface area contributed by atoms with Crippen LogP contribution in [0.2, 0.25) is 0 Å². The van der Waals surface area contributed by atoms with Crippen molar-refractivity contribution in [3.63, 3.8) is 0 Å². The quantitative estimate of drug-likeness (QED) is 0.0196. The molecule has 0 saturated carbocycles. The summed E-state index contributed by atoms with van der Waals surface area (Å²) < 4.78 is 107. The number of piperazine rings is 4. The van der Waals surface area contributed by atoms with Crippen LogP contribution in [-0.2, 0) is 66.0 Å². The third kappa shape index (κ3) is 25.3. The second kappa shape index (κ2) is 45.2. The minimum Gasteiger partial charge on any atom is -0.476 e. The van der Waals surface area contributed by atoms with E-state index in [1.807, 2.05) is 23.2 Å². The molecule has 0 aliphatic carbocycles. The maximum atomic E-state index is 12.9. The maximum Gasteiger partial charge on any atom is 0.358 e. The number of aromatic amines is 2. The van der Waals surface area contributed by atoms with Crippen molar-refractivity contribution < 1.29 is 82.1 Å². The number of hydrogen-bond acceptors (Lipinski definition) is 31. The van der Waals surface area contributed by atoms with E-state index in [2.05, 4.69) is 92.7 Å². The van der Waals surface area contributed by atoms with Crippen molar-refractivity contribution in [2.24, 2.45) is 17.4 Å². The van der Waals surface area contributed by atoms with Crippen molar-refractivity contribution in [3.8, 4) is 0 Å². The molecule has 120 heavy (non-hydrogen) atoms. The first-order valence-corrected chi connectivity index (χ1v) is 45.9. The highest BCUT2D eigenvalue weighted by Gasteiger charge is 2.38. The Bertz CT molecular complexity index is 5170. The third-order valence-electron chi connectivity index (χ3n) is 20.4. The van der Waals surface area contributed by atoms with E-state index in [1.54, 1.807) is 61.1 Å². The fourth-order valence-corrected chi connectivity index (χ4v) is 17.9. The van der Waals surface area contributed by atoms with E-state index in [1.165, 1.54) is 58.4 Å². The van der Waals surface area contributed by atoms with Crippen LogP contribution < -0.4 is 32.5 Å². The zero-order chi connectivity index (χ0) is 83.7. The van der Waals surface area contributed by atoms with Gasteiger partial charge in [0.05, 0.1) is 71.1 Å². The van der Waals surface area contributed by atoms with E-state index < -0.39 is 46.1 Å². The van der Waals surface area contributed by atoms with Gasteiger partial charge in [0, 0.05) is 199 Å². The van der Waals surface area contributed by atoms with Gasteiger partial charge in [0.25, 0.3) is 23.6 Å². The molecule has 8 aliphatic rings. The Morgan fingerprint density at radius 1 is 0.483 bits per heavy atom. The van der Waals surface area contributed by atoms with Crippen LogP contribution in [0, 0.1) is 0 Å². The molecule has 6 aromatic heterocycles. The van der Waals surface area contributed by atoms with Gasteiger partial charge in [-0.15, -0.1) is 0 Å². The number of aromatic carboxylic acids is 1. The van der Waals surface area contributed by atoms with E-state index in [9.17, 15) is 62.4 Å². The number of imide groups is 2. The summed E-state index contributed by atoms with van der Waals surface area (Å²) in [6.07, 6.45) is 14.0. The number of carbonyl (C=O) groups is 6. The number of nitrogens with two attached hydrogens (primary N) is 3. The number of aromatic nitrogens is 8. The lowest BCUT2D eigenvalue weighted by atomic mass is 10.0. The molecule has 4 amide bonds. The summed E-state index contributed by atoms with van der Waals surface area (Å²) in [6.45, 7) is 15.9. The van der Waals surface area contributed by atoms with E-state index in [4.69, 9.17) is 19.9 Å². The number of nitrogens with one attached hydrogen (secondary N) is 3. The number of carboxylic acid groups (broad SMARTS) is 1. The first-order valence-electron chi connectivity index (χ1n) is 37.4. The van der Waals surface area contributed by atoms with Crippen LogP contribution in [0.5, 0.6) is 0 Å². The molecule has 4 fully saturated rings. The number of sulfonamides is 4. The number of H-pyrrole nitrogens is 2. The van der Waals surface area contributed by atoms with Crippen LogP contribution in [-0.4, -0.2) is 349 Å². The highest BCUT2D eigenvalue weighted by atomic mass is 79.9. The molecule has 16 rings (SSSR count). The molecule has 4 saturated heterocycles. The molecular formula is C74H112BrN23O18S4. The van der Waals surface area contributed by atoms with Gasteiger partial charge in [-0.2, -0.15) is 17.2 Å². The molecule has 8 aliphatic heterocycles. The number of anilines is 2. The first kappa shape index (κ1) is 99.7. The zero-order valence-electron chi connectivity index (χ0n) is 65.3. The molecule has 0 unspecified atom stereocenters. The molecule has 2 aromatic carbocycles. The van der Waals surface area contributed by atoms with Gasteiger partial charge in [-0.3, -0.25) is 55.3 Å². The third-order valence-corrected chi connectivity index (χ3v) is 25.9. The number of ketones is 1. The smallest absolute Gasteiger partial charge is 0.358 e. The lowest BCUT2D eigenvalue weighted by Gasteiger charge is -2.33. The van der Waals surface area contributed by atoms with E-state index >= 15 is 0 Å². The molecule has 0 atom stereocenters. The molecule has 14 heterocycles. The number of halogens is 1. The van der Waals surface area contributed by atoms with Crippen molar-refractivity contribution >= 4 is 125 Å². The molecule has 12 N–H and O–H groups in total. The second-order valence-electron chi connectivity index (χ2n) is 27.9. The molecule has 41 nitrogen and oxygen atoms in total. The minimum atomic E-state index is -3.15. The minimum absolute atomic E-state index is 0. The molecular weight excluding hydrogens is 1710 g/mol. The van der Waals surface area contributed by atoms with Crippen LogP contribution in [0.4, 0.5) is 11.6 Å². The molecule has 0 bridgehead atoms. The summed E-state index contributed by atoms with van der Waals surface area (Å²) in [5.74, 6) is 9.05. The summed E-state index contributed by atoms with van der Waals surface area (Å²) in [5.41, 5.74) is 10.7. The topological polar surface area (TPSA) is 552 Å². The van der Waals surface area contributed by atoms with Gasteiger partial charge in [-0.25, -0.2) is 58.4 Å². The van der Waals surface area contributed by atoms with Crippen LogP contribution in [0.3, 0.4) is 0 Å². The highest BCUT2D eigenvalue weighted by molar-refractivity contribution is 9.09. The van der Waals surface area contributed by atoms with Crippen LogP contribution in [0.25, 0.3) is 22.1 Å². The summed E-state index contributed by atoms with van der Waals surface area (Å²) in [7, 11) is -12.2. The van der Waals surface area contributed by atoms with Crippen LogP contribution in [0.1, 0.15) is 120 Å². The Hall–Kier alpha value is -9.08. The van der Waals surface area contributed by atoms with Gasteiger partial charge in [0.15, 0.2) is 17.2 Å². The average molecular weight is 1820 g/mol. The van der Waals surface area contributed by atoms with Gasteiger partial charge in [-0.05, 0) is 49.4 Å². The van der Waals surface area contributed by atoms with Gasteiger partial charge in [-0.1, -0.05) is 72.8 Å². The number of Topliss-reactive ketones (excluding diaryl/α,β-unsaturated/α-hetero) is 1. The summed E-state index contributed by atoms with van der Waals surface area (Å²) in [4.78, 5) is 108. The van der Waals surface area contributed by atoms with E-state index in [0.717, 1.165) is 90.8 Å². The Labute approximate surface area is 707 Å². The predicted molar refractivity (Wildman–Crippen MR) is 457 cm³/mol. The van der Waals surface area contributed by atoms with E-state index in [-0.39, 0.29) is 62.9 Å². The molecule has 0 spiro atoms. The fourth-order valence-electron chi connectivity index (χ4n) is 14.2. The van der Waals surface area contributed by atoms with E-state index in [0.29, 0.717) is 195 Å². The Kier molecular flexibility index (Phi) is 37.5. The average Bonchev–Trinajstić information content (AvgIpc) is 1.62. The Morgan fingerprint density at radius 3 is 1.21 bits per heavy atom. The van der Waals surface area contributed by atoms with Crippen molar-refractivity contribution in [2.45, 2.75) is 61.1 Å². The molecule has 662 valence electrons. The van der Waals surface area contributed by atoms with Crippen molar-refractivity contribution in [1.82, 2.24) is 87.3 Å². The van der Waals surface area contributed by atoms with Crippen molar-refractivity contribution in [2.75, 3.05) is 197 Å². The van der Waals surface area contributed by atoms with Gasteiger partial charge in [0.2, 0.25) is 40.1 Å². The number of amides is 4. The number of nitrogens with zero attached hydrogens (tertiary/aromatic N) is 17. The highest BCUT2D eigenvalue weighted by Crippen LogP contribution is 2.33. The molecule has 46 heteroatoms. The van der Waals surface area contributed by atoms with Crippen molar-refractivity contribution in [3.05, 3.63) is 142 Å². The number of hydrogen-bond donors (Lipinski definition) is 7. The standard InChI is InChI=1S/C21H27N7O4S.C15H19N3O4S.C13H11N5O3.C10H8BrNO2.C7H17N3O2S.C5H12N2O2S.3CH4.H4N2.H2O/c1-33(30,31)28-11-9-26(10-12-28)7-2-3-17(29)19-16-13-27(8-5-18(16)32-25-19)21-15-4-6-22-20(15)23-14-24-21;1-23(21,22)17-9-6-16(7-10-17)8-11-18-14(19)12-4-2-3-5-13(12)15(18)20;19-13(20)10-8-5-18(4-2-9(8)21-17-10)12-7-1-3-14-11(7)15-6-16-12;11-5-6-12-9(13)7-3-1-2-4-8(7)10(12)14;1-13(11,12)10-6-4-9(3-2-8)5-7-10;1-10(8,9)7-4-2-6-3-5-7;;;;1-2;/h4,6,14H,2-3,5,7-13H2,1H3,(H,22,23,24);2-5H,6-11H2,1H3;1,3,6H,2,4-5H2,(H,19,20)(H,14,15,16);1-4H,5-6H2;2-8H2,1H3;6H,2-5H2,1H3;3*1H4;1-2H2;1H2. The lowest BCUT2D eigenvalue weighted by Crippen LogP contribution is -2.50. The summed E-state index contributed by atoms with van der Waals surface area (Å²) in [6, 6.07) is 17.6. The normalized spacial score (nSPS) is 17.4. The fraction of sp³-hybridized carbons (Fsp3) is 0.514. The molecule has 0 radical (unpaired) electrons. The first-order chi connectivity index (χ1) is 55.4. The number of carboxylic acids is 1. The Balaban J connectivity index is 0.000000230. The monoisotopic (exact) mass is 1820 g/mol. The molecule has 8 aromatic rings. The number of hydrazine groups is 1. The van der Waals surface area contributed by atoms with Gasteiger partial charge < -0.3 is 55.3 Å². The largest absolute Gasteiger partial charge is 0.476 e. The lowest BCUT2D eigenvalue weighted by molar-refractivity contribution is 0.0621. The number of alkyl halides is 1.